The lowest BCUT2D eigenvalue weighted by Crippen LogP contribution is -2.28. The van der Waals surface area contributed by atoms with Crippen LogP contribution in [0.1, 0.15) is 73.3 Å². The van der Waals surface area contributed by atoms with E-state index in [1.165, 1.54) is 18.2 Å². The molecule has 0 bridgehead atoms. The molecule has 1 aromatic rings. The second-order valence-corrected chi connectivity index (χ2v) is 10.5. The number of nitrogens with one attached hydrogen (secondary N) is 2. The number of nitrogens with zero attached hydrogens (tertiary/aromatic N) is 1. The first-order valence-electron chi connectivity index (χ1n) is 13.4. The summed E-state index contributed by atoms with van der Waals surface area (Å²) in [5.74, 6) is -0.621. The van der Waals surface area contributed by atoms with Gasteiger partial charge in [-0.15, -0.1) is 0 Å². The van der Waals surface area contributed by atoms with Gasteiger partial charge in [0.05, 0.1) is 11.6 Å². The van der Waals surface area contributed by atoms with Crippen molar-refractivity contribution < 1.29 is 8.78 Å². The van der Waals surface area contributed by atoms with Crippen LogP contribution in [0.5, 0.6) is 0 Å². The van der Waals surface area contributed by atoms with Gasteiger partial charge in [0.1, 0.15) is 11.6 Å². The molecule has 0 saturated carbocycles. The van der Waals surface area contributed by atoms with Crippen molar-refractivity contribution in [2.45, 2.75) is 73.1 Å². The second-order valence-electron chi connectivity index (χ2n) is 10.5. The summed E-state index contributed by atoms with van der Waals surface area (Å²) in [7, 11) is 0. The van der Waals surface area contributed by atoms with Crippen LogP contribution in [0.25, 0.3) is 0 Å². The third kappa shape index (κ3) is 10.2. The zero-order valence-electron chi connectivity index (χ0n) is 24.2. The normalized spacial score (nSPS) is 13.7. The largest absolute Gasteiger partial charge is 0.388 e. The Morgan fingerprint density at radius 2 is 1.76 bits per heavy atom. The zero-order valence-corrected chi connectivity index (χ0v) is 24.2. The van der Waals surface area contributed by atoms with Gasteiger partial charge in [-0.2, -0.15) is 5.26 Å². The predicted molar refractivity (Wildman–Crippen MR) is 159 cm³/mol. The summed E-state index contributed by atoms with van der Waals surface area (Å²) in [6.07, 6.45) is 14.4. The molecule has 0 unspecified atom stereocenters. The van der Waals surface area contributed by atoms with E-state index in [1.54, 1.807) is 37.3 Å². The summed E-state index contributed by atoms with van der Waals surface area (Å²) < 4.78 is 28.2. The summed E-state index contributed by atoms with van der Waals surface area (Å²) >= 11 is 0. The Morgan fingerprint density at radius 1 is 1.08 bits per heavy atom. The quantitative estimate of drug-likeness (QED) is 0.179. The number of allylic oxidation sites excluding steroid dienone is 10. The van der Waals surface area contributed by atoms with E-state index in [2.05, 4.69) is 51.0 Å². The lowest BCUT2D eigenvalue weighted by molar-refractivity contribution is 0.497. The highest BCUT2D eigenvalue weighted by Crippen LogP contribution is 2.35. The van der Waals surface area contributed by atoms with E-state index < -0.39 is 5.41 Å². The fraction of sp³-hybridized carbons (Fsp3) is 0.424. The minimum atomic E-state index is -0.573. The molecule has 38 heavy (non-hydrogen) atoms. The van der Waals surface area contributed by atoms with Gasteiger partial charge in [0.25, 0.3) is 0 Å². The molecule has 1 aromatic carbocycles. The molecule has 0 atom stereocenters. The molecule has 0 heterocycles. The first-order valence-corrected chi connectivity index (χ1v) is 13.4. The van der Waals surface area contributed by atoms with E-state index in [9.17, 15) is 14.0 Å². The number of anilines is 1. The van der Waals surface area contributed by atoms with Crippen LogP contribution in [0, 0.1) is 22.6 Å². The molecule has 5 heteroatoms. The lowest BCUT2D eigenvalue weighted by Gasteiger charge is -2.30. The number of hydrogen-bond acceptors (Lipinski definition) is 3. The first kappa shape index (κ1) is 32.6. The van der Waals surface area contributed by atoms with Crippen molar-refractivity contribution in [3.8, 4) is 6.07 Å². The van der Waals surface area contributed by atoms with Crippen LogP contribution in [0.3, 0.4) is 0 Å². The van der Waals surface area contributed by atoms with Crippen LogP contribution in [-0.2, 0) is 5.41 Å². The number of benzene rings is 1. The van der Waals surface area contributed by atoms with Gasteiger partial charge >= 0.3 is 0 Å². The maximum absolute atomic E-state index is 14.1. The van der Waals surface area contributed by atoms with Crippen molar-refractivity contribution >= 4 is 5.69 Å². The third-order valence-corrected chi connectivity index (χ3v) is 6.44. The molecule has 0 aromatic heterocycles. The molecule has 0 fully saturated rings. The van der Waals surface area contributed by atoms with E-state index in [1.807, 2.05) is 26.0 Å². The minimum Gasteiger partial charge on any atom is -0.388 e. The topological polar surface area (TPSA) is 47.9 Å². The second kappa shape index (κ2) is 15.8. The highest BCUT2D eigenvalue weighted by molar-refractivity contribution is 5.55. The molecule has 0 aliphatic rings. The van der Waals surface area contributed by atoms with Crippen LogP contribution >= 0.6 is 0 Å². The molecule has 0 aliphatic carbocycles. The van der Waals surface area contributed by atoms with Crippen LogP contribution in [-0.4, -0.2) is 13.1 Å². The molecule has 0 aliphatic heterocycles. The number of rotatable bonds is 15. The summed E-state index contributed by atoms with van der Waals surface area (Å²) in [6, 6.07) is 7.09. The Balaban J connectivity index is 3.23. The van der Waals surface area contributed by atoms with Gasteiger partial charge in [-0.05, 0) is 91.3 Å². The molecule has 0 radical (unpaired) electrons. The summed E-state index contributed by atoms with van der Waals surface area (Å²) in [4.78, 5) is 0. The van der Waals surface area contributed by atoms with Crippen LogP contribution in [0.2, 0.25) is 0 Å². The Morgan fingerprint density at radius 3 is 2.37 bits per heavy atom. The van der Waals surface area contributed by atoms with Crippen molar-refractivity contribution in [3.05, 3.63) is 101 Å². The summed E-state index contributed by atoms with van der Waals surface area (Å²) in [6.45, 7) is 19.7. The van der Waals surface area contributed by atoms with Crippen molar-refractivity contribution in [2.24, 2.45) is 5.41 Å². The van der Waals surface area contributed by atoms with Gasteiger partial charge < -0.3 is 10.6 Å². The van der Waals surface area contributed by atoms with Gasteiger partial charge in [0.2, 0.25) is 0 Å². The molecule has 2 N–H and O–H groups in total. The molecular weight excluding hydrogens is 476 g/mol. The van der Waals surface area contributed by atoms with E-state index >= 15 is 0 Å². The fourth-order valence-corrected chi connectivity index (χ4v) is 3.86. The highest BCUT2D eigenvalue weighted by atomic mass is 19.1. The third-order valence-electron chi connectivity index (χ3n) is 6.44. The van der Waals surface area contributed by atoms with Crippen LogP contribution in [0.4, 0.5) is 14.5 Å². The zero-order chi connectivity index (χ0) is 28.8. The molecule has 0 saturated heterocycles. The van der Waals surface area contributed by atoms with Crippen molar-refractivity contribution in [3.63, 3.8) is 0 Å². The molecule has 0 amide bonds. The lowest BCUT2D eigenvalue weighted by atomic mass is 9.80. The Hall–Kier alpha value is -3.39. The van der Waals surface area contributed by atoms with E-state index in [-0.39, 0.29) is 17.1 Å². The van der Waals surface area contributed by atoms with Crippen LogP contribution < -0.4 is 10.6 Å². The van der Waals surface area contributed by atoms with Gasteiger partial charge in [0.15, 0.2) is 0 Å². The summed E-state index contributed by atoms with van der Waals surface area (Å²) in [5, 5.41) is 16.6. The average Bonchev–Trinajstić information content (AvgIpc) is 2.86. The molecule has 206 valence electrons. The van der Waals surface area contributed by atoms with Gasteiger partial charge in [0, 0.05) is 29.9 Å². The Labute approximate surface area is 229 Å². The van der Waals surface area contributed by atoms with Gasteiger partial charge in [-0.3, -0.25) is 0 Å². The van der Waals surface area contributed by atoms with Gasteiger partial charge in [-0.1, -0.05) is 60.3 Å². The maximum Gasteiger partial charge on any atom is 0.123 e. The SMILES string of the molecule is C=C(/C=C(F)\C=C/C)C(C)(C)\C(=C/C=C(C#N)/C=C/CC(C)(C)c1cc(F)ccc1NCCC)NCCC. The van der Waals surface area contributed by atoms with Crippen LogP contribution in [0.15, 0.2) is 90.0 Å². The molecule has 0 spiro atoms. The monoisotopic (exact) mass is 521 g/mol. The maximum atomic E-state index is 14.1. The predicted octanol–water partition coefficient (Wildman–Crippen LogP) is 9.22. The minimum absolute atomic E-state index is 0.265. The smallest absolute Gasteiger partial charge is 0.123 e. The number of nitriles is 1. The average molecular weight is 522 g/mol. The van der Waals surface area contributed by atoms with Crippen molar-refractivity contribution in [1.29, 1.82) is 5.26 Å². The summed E-state index contributed by atoms with van der Waals surface area (Å²) in [5.41, 5.74) is 2.87. The van der Waals surface area contributed by atoms with Crippen molar-refractivity contribution in [2.75, 3.05) is 18.4 Å². The number of hydrogen-bond donors (Lipinski definition) is 2. The van der Waals surface area contributed by atoms with Crippen molar-refractivity contribution in [1.82, 2.24) is 5.32 Å². The first-order chi connectivity index (χ1) is 17.9. The molecule has 1 rings (SSSR count). The Kier molecular flexibility index (Phi) is 13.5. The standard InChI is InChI=1S/C33H45F2N3/c1-9-13-27(34)22-25(4)33(7,8)31(38-21-11-3)18-15-26(24-36)14-12-19-32(5,6)29-23-28(35)16-17-30(29)37-20-10-2/h9,12-18,22-23,37-38H,4,10-11,19-21H2,1-3,5-8H3/b13-9-,14-12+,26-15-,27-22+,31-18+. The van der Waals surface area contributed by atoms with Gasteiger partial charge in [-0.25, -0.2) is 8.78 Å². The molecular formula is C33H45F2N3. The highest BCUT2D eigenvalue weighted by Gasteiger charge is 2.26. The number of halogens is 2. The van der Waals surface area contributed by atoms with E-state index in [0.29, 0.717) is 17.6 Å². The molecule has 3 nitrogen and oxygen atoms in total. The fourth-order valence-electron chi connectivity index (χ4n) is 3.86. The van der Waals surface area contributed by atoms with E-state index in [4.69, 9.17) is 0 Å². The van der Waals surface area contributed by atoms with E-state index in [0.717, 1.165) is 42.9 Å². The Bertz CT molecular complexity index is 1130.